The van der Waals surface area contributed by atoms with Crippen molar-refractivity contribution in [2.45, 2.75) is 6.61 Å². The van der Waals surface area contributed by atoms with E-state index >= 15 is 0 Å². The second-order valence-corrected chi connectivity index (χ2v) is 4.28. The highest BCUT2D eigenvalue weighted by molar-refractivity contribution is 9.10. The number of carbonyl (C=O) groups excluding carboxylic acids is 1. The van der Waals surface area contributed by atoms with Crippen molar-refractivity contribution < 1.29 is 9.53 Å². The first-order chi connectivity index (χ1) is 8.26. The van der Waals surface area contributed by atoms with Crippen molar-refractivity contribution >= 4 is 22.2 Å². The molecule has 0 radical (unpaired) electrons. The molecule has 0 saturated heterocycles. The molecule has 2 rings (SSSR count). The number of ether oxygens (including phenoxy) is 1. The Morgan fingerprint density at radius 3 is 2.71 bits per heavy atom. The van der Waals surface area contributed by atoms with Crippen molar-refractivity contribution in [3.8, 4) is 5.69 Å². The predicted molar refractivity (Wildman–Crippen MR) is 65.2 cm³/mol. The number of benzene rings is 1. The summed E-state index contributed by atoms with van der Waals surface area (Å²) in [5, 5.41) is 7.75. The molecule has 1 heterocycles. The van der Waals surface area contributed by atoms with Crippen LogP contribution in [0.2, 0.25) is 0 Å². The average molecular weight is 296 g/mol. The van der Waals surface area contributed by atoms with Crippen LogP contribution < -0.4 is 0 Å². The second-order valence-electron chi connectivity index (χ2n) is 3.36. The Morgan fingerprint density at radius 1 is 1.41 bits per heavy atom. The van der Waals surface area contributed by atoms with Crippen LogP contribution in [0.5, 0.6) is 0 Å². The highest BCUT2D eigenvalue weighted by Gasteiger charge is 2.13. The van der Waals surface area contributed by atoms with E-state index in [0.717, 1.165) is 10.2 Å². The quantitative estimate of drug-likeness (QED) is 0.810. The lowest BCUT2D eigenvalue weighted by atomic mass is 10.3. The number of aromatic nitrogens is 3. The van der Waals surface area contributed by atoms with Crippen molar-refractivity contribution in [2.75, 3.05) is 7.11 Å². The van der Waals surface area contributed by atoms with Gasteiger partial charge < -0.3 is 4.74 Å². The molecule has 0 amide bonds. The molecule has 1 aromatic heterocycles. The molecule has 1 aromatic carbocycles. The number of hydrogen-bond acceptors (Lipinski definition) is 4. The fourth-order valence-electron chi connectivity index (χ4n) is 1.47. The second kappa shape index (κ2) is 5.20. The minimum Gasteiger partial charge on any atom is -0.378 e. The molecule has 0 atom stereocenters. The third kappa shape index (κ3) is 2.42. The summed E-state index contributed by atoms with van der Waals surface area (Å²) >= 11 is 3.36. The van der Waals surface area contributed by atoms with Gasteiger partial charge in [-0.15, -0.1) is 5.10 Å². The van der Waals surface area contributed by atoms with Crippen LogP contribution in [0.3, 0.4) is 0 Å². The summed E-state index contributed by atoms with van der Waals surface area (Å²) < 4.78 is 7.62. The van der Waals surface area contributed by atoms with E-state index in [-0.39, 0.29) is 6.61 Å². The fourth-order valence-corrected chi connectivity index (χ4v) is 1.73. The first-order valence-electron chi connectivity index (χ1n) is 4.91. The van der Waals surface area contributed by atoms with E-state index in [9.17, 15) is 4.79 Å². The molecule has 0 spiro atoms. The van der Waals surface area contributed by atoms with E-state index in [1.807, 2.05) is 24.3 Å². The molecular weight excluding hydrogens is 286 g/mol. The molecule has 0 bridgehead atoms. The van der Waals surface area contributed by atoms with Gasteiger partial charge in [0, 0.05) is 11.6 Å². The largest absolute Gasteiger partial charge is 0.378 e. The molecule has 88 valence electrons. The number of halogens is 1. The van der Waals surface area contributed by atoms with Crippen LogP contribution in [0.4, 0.5) is 0 Å². The Balaban J connectivity index is 2.47. The zero-order valence-corrected chi connectivity index (χ0v) is 10.7. The molecule has 0 aliphatic heterocycles. The predicted octanol–water partition coefficient (Wildman–Crippen LogP) is 1.99. The molecule has 0 saturated carbocycles. The summed E-state index contributed by atoms with van der Waals surface area (Å²) in [4.78, 5) is 10.8. The highest BCUT2D eigenvalue weighted by Crippen LogP contribution is 2.16. The lowest BCUT2D eigenvalue weighted by Gasteiger charge is -2.05. The standard InChI is InChI=1S/C11H10BrN3O2/c1-17-7-11-10(6-16)13-14-15(11)9-4-2-8(12)3-5-9/h2-6H,7H2,1H3. The summed E-state index contributed by atoms with van der Waals surface area (Å²) in [7, 11) is 1.56. The van der Waals surface area contributed by atoms with E-state index < -0.39 is 0 Å². The lowest BCUT2D eigenvalue weighted by Crippen LogP contribution is -2.04. The van der Waals surface area contributed by atoms with Gasteiger partial charge in [0.05, 0.1) is 12.3 Å². The zero-order chi connectivity index (χ0) is 12.3. The molecule has 17 heavy (non-hydrogen) atoms. The third-order valence-electron chi connectivity index (χ3n) is 2.26. The van der Waals surface area contributed by atoms with Crippen LogP contribution in [-0.4, -0.2) is 28.4 Å². The third-order valence-corrected chi connectivity index (χ3v) is 2.79. The first-order valence-corrected chi connectivity index (χ1v) is 5.70. The van der Waals surface area contributed by atoms with Crippen molar-refractivity contribution in [2.24, 2.45) is 0 Å². The minimum atomic E-state index is 0.289. The molecule has 0 fully saturated rings. The monoisotopic (exact) mass is 295 g/mol. The first kappa shape index (κ1) is 11.9. The van der Waals surface area contributed by atoms with Crippen molar-refractivity contribution in [1.82, 2.24) is 15.0 Å². The van der Waals surface area contributed by atoms with Gasteiger partial charge in [0.25, 0.3) is 0 Å². The van der Waals surface area contributed by atoms with Gasteiger partial charge in [0.15, 0.2) is 12.0 Å². The van der Waals surface area contributed by atoms with Gasteiger partial charge in [-0.2, -0.15) is 0 Å². The summed E-state index contributed by atoms with van der Waals surface area (Å²) in [6.45, 7) is 0.289. The number of nitrogens with zero attached hydrogens (tertiary/aromatic N) is 3. The SMILES string of the molecule is COCc1c(C=O)nnn1-c1ccc(Br)cc1. The molecule has 5 nitrogen and oxygen atoms in total. The Kier molecular flexibility index (Phi) is 3.65. The van der Waals surface area contributed by atoms with Crippen LogP contribution in [0.1, 0.15) is 16.2 Å². The van der Waals surface area contributed by atoms with Crippen LogP contribution in [0.25, 0.3) is 5.69 Å². The number of carbonyl (C=O) groups is 1. The lowest BCUT2D eigenvalue weighted by molar-refractivity contribution is 0.111. The van der Waals surface area contributed by atoms with Gasteiger partial charge in [-0.3, -0.25) is 4.79 Å². The maximum Gasteiger partial charge on any atom is 0.172 e. The molecule has 0 unspecified atom stereocenters. The van der Waals surface area contributed by atoms with E-state index in [1.54, 1.807) is 11.8 Å². The van der Waals surface area contributed by atoms with Crippen LogP contribution in [0.15, 0.2) is 28.7 Å². The molecule has 0 N–H and O–H groups in total. The van der Waals surface area contributed by atoms with Crippen LogP contribution in [-0.2, 0) is 11.3 Å². The maximum absolute atomic E-state index is 10.8. The van der Waals surface area contributed by atoms with E-state index in [4.69, 9.17) is 4.74 Å². The topological polar surface area (TPSA) is 57.0 Å². The van der Waals surface area contributed by atoms with Gasteiger partial charge in [-0.1, -0.05) is 21.1 Å². The van der Waals surface area contributed by atoms with Gasteiger partial charge in [0.2, 0.25) is 0 Å². The van der Waals surface area contributed by atoms with Crippen LogP contribution in [0, 0.1) is 0 Å². The molecule has 6 heteroatoms. The van der Waals surface area contributed by atoms with E-state index in [2.05, 4.69) is 26.2 Å². The number of methoxy groups -OCH3 is 1. The average Bonchev–Trinajstić information content (AvgIpc) is 2.74. The Labute approximate surface area is 107 Å². The van der Waals surface area contributed by atoms with Crippen molar-refractivity contribution in [1.29, 1.82) is 0 Å². The van der Waals surface area contributed by atoms with Gasteiger partial charge in [-0.05, 0) is 24.3 Å². The van der Waals surface area contributed by atoms with E-state index in [1.165, 1.54) is 0 Å². The Bertz CT molecular complexity index is 522. The van der Waals surface area contributed by atoms with Gasteiger partial charge in [0.1, 0.15) is 5.69 Å². The summed E-state index contributed by atoms with van der Waals surface area (Å²) in [6, 6.07) is 7.56. The van der Waals surface area contributed by atoms with Crippen LogP contribution >= 0.6 is 15.9 Å². The smallest absolute Gasteiger partial charge is 0.172 e. The maximum atomic E-state index is 10.8. The van der Waals surface area contributed by atoms with Crippen molar-refractivity contribution in [3.63, 3.8) is 0 Å². The van der Waals surface area contributed by atoms with Gasteiger partial charge in [-0.25, -0.2) is 4.68 Å². The summed E-state index contributed by atoms with van der Waals surface area (Å²) in [5.41, 5.74) is 1.78. The Hall–Kier alpha value is -1.53. The fraction of sp³-hybridized carbons (Fsp3) is 0.182. The number of aldehydes is 1. The molecule has 2 aromatic rings. The molecule has 0 aliphatic rings. The number of rotatable bonds is 4. The normalized spacial score (nSPS) is 10.5. The number of hydrogen-bond donors (Lipinski definition) is 0. The Morgan fingerprint density at radius 2 is 2.12 bits per heavy atom. The molecular formula is C11H10BrN3O2. The van der Waals surface area contributed by atoms with E-state index in [0.29, 0.717) is 17.7 Å². The van der Waals surface area contributed by atoms with Crippen molar-refractivity contribution in [3.05, 3.63) is 40.1 Å². The summed E-state index contributed by atoms with van der Waals surface area (Å²) in [6.07, 6.45) is 0.677. The molecule has 0 aliphatic carbocycles. The van der Waals surface area contributed by atoms with Gasteiger partial charge >= 0.3 is 0 Å². The zero-order valence-electron chi connectivity index (χ0n) is 9.13. The minimum absolute atomic E-state index is 0.289. The highest BCUT2D eigenvalue weighted by atomic mass is 79.9. The summed E-state index contributed by atoms with van der Waals surface area (Å²) in [5.74, 6) is 0.